The van der Waals surface area contributed by atoms with Gasteiger partial charge in [0.05, 0.1) is 15.6 Å². The molecular formula is C13H15ClN2O5S. The summed E-state index contributed by atoms with van der Waals surface area (Å²) in [5, 5.41) is 20.0. The summed E-state index contributed by atoms with van der Waals surface area (Å²) in [6.45, 7) is 3.01. The first-order valence-corrected chi connectivity index (χ1v) is 7.66. The van der Waals surface area contributed by atoms with E-state index < -0.39 is 23.3 Å². The van der Waals surface area contributed by atoms with Crippen molar-refractivity contribution in [2.75, 3.05) is 12.3 Å². The van der Waals surface area contributed by atoms with Crippen molar-refractivity contribution in [1.29, 1.82) is 0 Å². The van der Waals surface area contributed by atoms with Crippen LogP contribution in [0.3, 0.4) is 0 Å². The van der Waals surface area contributed by atoms with Gasteiger partial charge in [-0.05, 0) is 26.0 Å². The first-order chi connectivity index (χ1) is 10.2. The maximum absolute atomic E-state index is 12.1. The van der Waals surface area contributed by atoms with E-state index in [0.29, 0.717) is 4.90 Å². The molecule has 9 heteroatoms. The van der Waals surface area contributed by atoms with E-state index in [1.54, 1.807) is 13.8 Å². The molecule has 22 heavy (non-hydrogen) atoms. The Balaban J connectivity index is 2.82. The van der Waals surface area contributed by atoms with Crippen LogP contribution in [-0.2, 0) is 9.59 Å². The molecule has 120 valence electrons. The third kappa shape index (κ3) is 5.19. The number of nitrogens with zero attached hydrogens (tertiary/aromatic N) is 2. The highest BCUT2D eigenvalue weighted by Gasteiger charge is 2.22. The molecule has 0 fully saturated rings. The average Bonchev–Trinajstić information content (AvgIpc) is 2.42. The van der Waals surface area contributed by atoms with Gasteiger partial charge in [0.2, 0.25) is 5.91 Å². The second-order valence-corrected chi connectivity index (χ2v) is 6.12. The molecule has 1 aromatic rings. The molecule has 0 bridgehead atoms. The Bertz CT molecular complexity index is 594. The van der Waals surface area contributed by atoms with Gasteiger partial charge in [0.25, 0.3) is 5.69 Å². The molecule has 0 aliphatic heterocycles. The number of halogens is 1. The van der Waals surface area contributed by atoms with E-state index in [9.17, 15) is 19.7 Å². The van der Waals surface area contributed by atoms with Crippen molar-refractivity contribution in [3.63, 3.8) is 0 Å². The Hall–Kier alpha value is -1.80. The monoisotopic (exact) mass is 346 g/mol. The maximum Gasteiger partial charge on any atom is 0.323 e. The number of carbonyl (C=O) groups is 2. The van der Waals surface area contributed by atoms with E-state index in [1.807, 2.05) is 0 Å². The van der Waals surface area contributed by atoms with E-state index in [0.717, 1.165) is 11.8 Å². The van der Waals surface area contributed by atoms with Gasteiger partial charge in [-0.25, -0.2) is 0 Å². The summed E-state index contributed by atoms with van der Waals surface area (Å²) in [4.78, 5) is 34.8. The van der Waals surface area contributed by atoms with Crippen molar-refractivity contribution in [2.45, 2.75) is 24.8 Å². The van der Waals surface area contributed by atoms with Crippen LogP contribution >= 0.6 is 23.4 Å². The Morgan fingerprint density at radius 2 is 2.09 bits per heavy atom. The number of amides is 1. The van der Waals surface area contributed by atoms with Crippen molar-refractivity contribution in [3.8, 4) is 0 Å². The van der Waals surface area contributed by atoms with E-state index in [-0.39, 0.29) is 22.5 Å². The fraction of sp³-hybridized carbons (Fsp3) is 0.385. The highest BCUT2D eigenvalue weighted by molar-refractivity contribution is 8.00. The lowest BCUT2D eigenvalue weighted by atomic mass is 10.3. The second kappa shape index (κ2) is 8.00. The van der Waals surface area contributed by atoms with E-state index in [4.69, 9.17) is 16.7 Å². The number of nitro groups is 1. The van der Waals surface area contributed by atoms with Gasteiger partial charge < -0.3 is 10.0 Å². The van der Waals surface area contributed by atoms with Crippen LogP contribution in [0.5, 0.6) is 0 Å². The van der Waals surface area contributed by atoms with Crippen LogP contribution in [0.2, 0.25) is 5.02 Å². The number of nitro benzene ring substituents is 1. The molecular weight excluding hydrogens is 332 g/mol. The minimum atomic E-state index is -1.11. The smallest absolute Gasteiger partial charge is 0.323 e. The summed E-state index contributed by atoms with van der Waals surface area (Å²) in [6.07, 6.45) is 0. The van der Waals surface area contributed by atoms with Gasteiger partial charge in [-0.15, -0.1) is 11.8 Å². The van der Waals surface area contributed by atoms with Crippen LogP contribution in [0.1, 0.15) is 13.8 Å². The minimum Gasteiger partial charge on any atom is -0.480 e. The number of benzene rings is 1. The zero-order chi connectivity index (χ0) is 16.9. The molecule has 1 N–H and O–H groups in total. The van der Waals surface area contributed by atoms with Crippen molar-refractivity contribution in [3.05, 3.63) is 33.3 Å². The molecule has 0 saturated heterocycles. The topological polar surface area (TPSA) is 101 Å². The molecule has 1 aromatic carbocycles. The molecule has 0 saturated carbocycles. The summed E-state index contributed by atoms with van der Waals surface area (Å²) in [5.41, 5.74) is -0.181. The molecule has 0 unspecified atom stereocenters. The molecule has 1 amide bonds. The second-order valence-electron chi connectivity index (χ2n) is 4.67. The van der Waals surface area contributed by atoms with E-state index >= 15 is 0 Å². The van der Waals surface area contributed by atoms with Crippen molar-refractivity contribution < 1.29 is 19.6 Å². The van der Waals surface area contributed by atoms with Crippen LogP contribution < -0.4 is 0 Å². The molecule has 0 aromatic heterocycles. The standard InChI is InChI=1S/C13H15ClN2O5S/c1-8(2)15(6-13(18)19)12(17)7-22-11-4-3-9(14)5-10(11)16(20)21/h3-5,8H,6-7H2,1-2H3,(H,18,19). The number of carboxylic acids is 1. The Morgan fingerprint density at radius 1 is 1.45 bits per heavy atom. The number of hydrogen-bond acceptors (Lipinski definition) is 5. The van der Waals surface area contributed by atoms with Crippen molar-refractivity contribution in [1.82, 2.24) is 4.90 Å². The SMILES string of the molecule is CC(C)N(CC(=O)O)C(=O)CSc1ccc(Cl)cc1[N+](=O)[O-]. The lowest BCUT2D eigenvalue weighted by Crippen LogP contribution is -2.41. The van der Waals surface area contributed by atoms with Gasteiger partial charge in [-0.2, -0.15) is 0 Å². The van der Waals surface area contributed by atoms with Crippen LogP contribution in [0.15, 0.2) is 23.1 Å². The Morgan fingerprint density at radius 3 is 2.59 bits per heavy atom. The zero-order valence-corrected chi connectivity index (χ0v) is 13.6. The fourth-order valence-electron chi connectivity index (χ4n) is 1.68. The van der Waals surface area contributed by atoms with Gasteiger partial charge in [-0.3, -0.25) is 19.7 Å². The van der Waals surface area contributed by atoms with Gasteiger partial charge in [0.1, 0.15) is 6.54 Å². The number of carboxylic acid groups (broad SMARTS) is 1. The summed E-state index contributed by atoms with van der Waals surface area (Å²) in [5.74, 6) is -1.59. The lowest BCUT2D eigenvalue weighted by molar-refractivity contribution is -0.387. The molecule has 0 aliphatic rings. The molecule has 0 atom stereocenters. The first kappa shape index (κ1) is 18.2. The largest absolute Gasteiger partial charge is 0.480 e. The Labute approximate surface area is 136 Å². The molecule has 7 nitrogen and oxygen atoms in total. The number of carbonyl (C=O) groups excluding carboxylic acids is 1. The molecule has 0 radical (unpaired) electrons. The number of aliphatic carboxylic acids is 1. The first-order valence-electron chi connectivity index (χ1n) is 6.30. The lowest BCUT2D eigenvalue weighted by Gasteiger charge is -2.24. The molecule has 0 spiro atoms. The highest BCUT2D eigenvalue weighted by Crippen LogP contribution is 2.31. The van der Waals surface area contributed by atoms with Crippen LogP contribution in [0, 0.1) is 10.1 Å². The molecule has 1 rings (SSSR count). The van der Waals surface area contributed by atoms with Gasteiger partial charge in [0.15, 0.2) is 0 Å². The number of hydrogen-bond donors (Lipinski definition) is 1. The Kier molecular flexibility index (Phi) is 6.63. The van der Waals surface area contributed by atoms with Gasteiger partial charge in [0, 0.05) is 17.1 Å². The molecule has 0 aliphatic carbocycles. The maximum atomic E-state index is 12.1. The van der Waals surface area contributed by atoms with E-state index in [1.165, 1.54) is 23.1 Å². The predicted molar refractivity (Wildman–Crippen MR) is 83.3 cm³/mol. The summed E-state index contributed by atoms with van der Waals surface area (Å²) in [6, 6.07) is 3.91. The summed E-state index contributed by atoms with van der Waals surface area (Å²) >= 11 is 6.70. The zero-order valence-electron chi connectivity index (χ0n) is 12.0. The number of rotatable bonds is 7. The summed E-state index contributed by atoms with van der Waals surface area (Å²) in [7, 11) is 0. The normalized spacial score (nSPS) is 10.5. The van der Waals surface area contributed by atoms with Crippen LogP contribution in [0.4, 0.5) is 5.69 Å². The van der Waals surface area contributed by atoms with Gasteiger partial charge in [-0.1, -0.05) is 11.6 Å². The van der Waals surface area contributed by atoms with Crippen LogP contribution in [0.25, 0.3) is 0 Å². The highest BCUT2D eigenvalue weighted by atomic mass is 35.5. The fourth-order valence-corrected chi connectivity index (χ4v) is 2.74. The van der Waals surface area contributed by atoms with E-state index in [2.05, 4.69) is 0 Å². The number of thioether (sulfide) groups is 1. The summed E-state index contributed by atoms with van der Waals surface area (Å²) < 4.78 is 0. The van der Waals surface area contributed by atoms with Crippen molar-refractivity contribution >= 4 is 40.9 Å². The average molecular weight is 347 g/mol. The molecule has 0 heterocycles. The quantitative estimate of drug-likeness (QED) is 0.462. The van der Waals surface area contributed by atoms with Gasteiger partial charge >= 0.3 is 5.97 Å². The van der Waals surface area contributed by atoms with Crippen molar-refractivity contribution in [2.24, 2.45) is 0 Å². The third-order valence-corrected chi connectivity index (χ3v) is 4.00. The minimum absolute atomic E-state index is 0.0894. The predicted octanol–water partition coefficient (Wildman–Crippen LogP) is 2.66. The third-order valence-electron chi connectivity index (χ3n) is 2.72. The van der Waals surface area contributed by atoms with Crippen LogP contribution in [-0.4, -0.2) is 45.1 Å².